The lowest BCUT2D eigenvalue weighted by Crippen LogP contribution is -2.34. The fourth-order valence-corrected chi connectivity index (χ4v) is 3.34. The summed E-state index contributed by atoms with van der Waals surface area (Å²) in [6.07, 6.45) is 5.00. The zero-order valence-corrected chi connectivity index (χ0v) is 14.6. The Hall–Kier alpha value is -2.21. The molecule has 0 aromatic heterocycles. The molecule has 0 aliphatic carbocycles. The molecule has 2 aliphatic rings. The highest BCUT2D eigenvalue weighted by Crippen LogP contribution is 2.24. The van der Waals surface area contributed by atoms with Crippen molar-refractivity contribution in [3.05, 3.63) is 41.9 Å². The number of likely N-dealkylation sites (tertiary alicyclic amines) is 1. The third kappa shape index (κ3) is 4.66. The fourth-order valence-electron chi connectivity index (χ4n) is 3.34. The number of nitrogens with one attached hydrogen (secondary N) is 1. The summed E-state index contributed by atoms with van der Waals surface area (Å²) in [5.41, 5.74) is 1.04. The maximum Gasteiger partial charge on any atom is 0.217 e. The summed E-state index contributed by atoms with van der Waals surface area (Å²) in [4.78, 5) is 17.0. The second-order valence-corrected chi connectivity index (χ2v) is 6.62. The average Bonchev–Trinajstić information content (AvgIpc) is 3.03. The topological polar surface area (TPSA) is 53.9 Å². The summed E-state index contributed by atoms with van der Waals surface area (Å²) in [7, 11) is 0. The van der Waals surface area contributed by atoms with Crippen LogP contribution in [0.1, 0.15) is 38.3 Å². The van der Waals surface area contributed by atoms with Crippen molar-refractivity contribution in [3.63, 3.8) is 0 Å². The Morgan fingerprint density at radius 1 is 1.40 bits per heavy atom. The number of hydrogen-bond acceptors (Lipinski definition) is 4. The van der Waals surface area contributed by atoms with E-state index in [2.05, 4.69) is 15.2 Å². The van der Waals surface area contributed by atoms with Crippen LogP contribution in [-0.4, -0.2) is 42.3 Å². The smallest absolute Gasteiger partial charge is 0.217 e. The molecule has 1 N–H and O–H groups in total. The molecule has 3 rings (SSSR count). The number of carbonyl (C=O) groups excluding carboxylic acids is 1. The van der Waals surface area contributed by atoms with Gasteiger partial charge in [0.05, 0.1) is 6.04 Å². The van der Waals surface area contributed by atoms with Gasteiger partial charge in [-0.1, -0.05) is 12.1 Å². The minimum atomic E-state index is -0.399. The minimum Gasteiger partial charge on any atom is -0.489 e. The maximum atomic E-state index is 13.3. The normalized spacial score (nSPS) is 24.7. The van der Waals surface area contributed by atoms with Gasteiger partial charge in [0.1, 0.15) is 11.9 Å². The number of ether oxygens (including phenoxy) is 1. The minimum absolute atomic E-state index is 0.0248. The molecule has 25 heavy (non-hydrogen) atoms. The van der Waals surface area contributed by atoms with Gasteiger partial charge in [-0.15, -0.1) is 0 Å². The second-order valence-electron chi connectivity index (χ2n) is 6.62. The first kappa shape index (κ1) is 17.6. The first-order chi connectivity index (χ1) is 12.0. The molecule has 2 aliphatic heterocycles. The number of benzene rings is 1. The maximum absolute atomic E-state index is 13.3. The van der Waals surface area contributed by atoms with Crippen LogP contribution >= 0.6 is 0 Å². The van der Waals surface area contributed by atoms with Gasteiger partial charge < -0.3 is 10.1 Å². The number of rotatable bonds is 5. The van der Waals surface area contributed by atoms with Crippen LogP contribution in [0.3, 0.4) is 0 Å². The molecule has 1 aromatic rings. The molecule has 0 bridgehead atoms. The van der Waals surface area contributed by atoms with Gasteiger partial charge in [0.15, 0.2) is 0 Å². The van der Waals surface area contributed by atoms with Crippen LogP contribution < -0.4 is 10.1 Å². The molecule has 134 valence electrons. The third-order valence-electron chi connectivity index (χ3n) is 4.64. The van der Waals surface area contributed by atoms with Crippen molar-refractivity contribution in [3.8, 4) is 5.75 Å². The van der Waals surface area contributed by atoms with Gasteiger partial charge in [-0.25, -0.2) is 4.99 Å². The van der Waals surface area contributed by atoms with Crippen molar-refractivity contribution in [2.75, 3.05) is 13.1 Å². The standard InChI is InChI=1S/C19H24FN3O2/c1-13(22-14(2)24)15-3-5-17(6-4-15)25-18-8-10-23(12-18)16-7-9-21-19(20)11-16/h3-6,9,11,13,16,18H,7-8,10,12H2,1-2H3,(H,22,24). The molecule has 2 heterocycles. The molecule has 1 saturated heterocycles. The van der Waals surface area contributed by atoms with Crippen LogP contribution in [0.5, 0.6) is 5.75 Å². The zero-order valence-electron chi connectivity index (χ0n) is 14.6. The van der Waals surface area contributed by atoms with E-state index < -0.39 is 5.95 Å². The largest absolute Gasteiger partial charge is 0.489 e. The lowest BCUT2D eigenvalue weighted by atomic mass is 10.1. The molecule has 6 heteroatoms. The van der Waals surface area contributed by atoms with E-state index in [0.29, 0.717) is 0 Å². The van der Waals surface area contributed by atoms with Gasteiger partial charge in [0.2, 0.25) is 11.9 Å². The Kier molecular flexibility index (Phi) is 5.48. The van der Waals surface area contributed by atoms with Crippen molar-refractivity contribution in [1.29, 1.82) is 0 Å². The second kappa shape index (κ2) is 7.78. The highest BCUT2D eigenvalue weighted by Gasteiger charge is 2.29. The lowest BCUT2D eigenvalue weighted by molar-refractivity contribution is -0.119. The molecule has 3 atom stereocenters. The van der Waals surface area contributed by atoms with Crippen molar-refractivity contribution < 1.29 is 13.9 Å². The summed E-state index contributed by atoms with van der Waals surface area (Å²) in [6.45, 7) is 5.14. The van der Waals surface area contributed by atoms with Crippen LogP contribution in [0.2, 0.25) is 0 Å². The van der Waals surface area contributed by atoms with Crippen molar-refractivity contribution in [2.45, 2.75) is 44.9 Å². The quantitative estimate of drug-likeness (QED) is 0.835. The molecular weight excluding hydrogens is 321 g/mol. The van der Waals surface area contributed by atoms with Gasteiger partial charge in [-0.05, 0) is 37.1 Å². The van der Waals surface area contributed by atoms with Crippen molar-refractivity contribution >= 4 is 12.1 Å². The number of amides is 1. The zero-order chi connectivity index (χ0) is 17.8. The summed E-state index contributed by atoms with van der Waals surface area (Å²) in [6, 6.07) is 7.86. The van der Waals surface area contributed by atoms with E-state index in [9.17, 15) is 9.18 Å². The number of halogens is 1. The van der Waals surface area contributed by atoms with E-state index in [-0.39, 0.29) is 24.1 Å². The van der Waals surface area contributed by atoms with Gasteiger partial charge in [0, 0.05) is 38.7 Å². The predicted octanol–water partition coefficient (Wildman–Crippen LogP) is 2.99. The number of nitrogens with zero attached hydrogens (tertiary/aromatic N) is 2. The molecule has 3 unspecified atom stereocenters. The number of hydrogen-bond donors (Lipinski definition) is 1. The molecule has 5 nitrogen and oxygen atoms in total. The molecule has 0 spiro atoms. The summed E-state index contributed by atoms with van der Waals surface area (Å²) >= 11 is 0. The van der Waals surface area contributed by atoms with E-state index in [4.69, 9.17) is 4.74 Å². The van der Waals surface area contributed by atoms with Gasteiger partial charge in [0.25, 0.3) is 0 Å². The summed E-state index contributed by atoms with van der Waals surface area (Å²) in [5.74, 6) is 0.374. The molecule has 1 aromatic carbocycles. The Morgan fingerprint density at radius 3 is 2.84 bits per heavy atom. The summed E-state index contributed by atoms with van der Waals surface area (Å²) in [5, 5.41) is 2.86. The molecule has 0 radical (unpaired) electrons. The Bertz CT molecular complexity index is 672. The van der Waals surface area contributed by atoms with Crippen LogP contribution in [0, 0.1) is 0 Å². The van der Waals surface area contributed by atoms with Crippen LogP contribution in [0.25, 0.3) is 0 Å². The van der Waals surface area contributed by atoms with Gasteiger partial charge >= 0.3 is 0 Å². The van der Waals surface area contributed by atoms with E-state index in [1.165, 1.54) is 6.92 Å². The van der Waals surface area contributed by atoms with E-state index in [0.717, 1.165) is 37.2 Å². The van der Waals surface area contributed by atoms with Crippen LogP contribution in [0.4, 0.5) is 4.39 Å². The number of carbonyl (C=O) groups is 1. The monoisotopic (exact) mass is 345 g/mol. The molecular formula is C19H24FN3O2. The van der Waals surface area contributed by atoms with Gasteiger partial charge in [-0.3, -0.25) is 9.69 Å². The predicted molar refractivity (Wildman–Crippen MR) is 95.4 cm³/mol. The third-order valence-corrected chi connectivity index (χ3v) is 4.64. The summed E-state index contributed by atoms with van der Waals surface area (Å²) < 4.78 is 19.4. The average molecular weight is 345 g/mol. The van der Waals surface area contributed by atoms with E-state index >= 15 is 0 Å². The Balaban J connectivity index is 1.53. The first-order valence-electron chi connectivity index (χ1n) is 8.69. The van der Waals surface area contributed by atoms with Gasteiger partial charge in [-0.2, -0.15) is 4.39 Å². The lowest BCUT2D eigenvalue weighted by Gasteiger charge is -2.25. The van der Waals surface area contributed by atoms with E-state index in [1.54, 1.807) is 12.3 Å². The Morgan fingerprint density at radius 2 is 2.16 bits per heavy atom. The highest BCUT2D eigenvalue weighted by atomic mass is 19.1. The number of aliphatic imine (C=N–C) groups is 1. The first-order valence-corrected chi connectivity index (χ1v) is 8.69. The SMILES string of the molecule is CC(=O)NC(C)c1ccc(OC2CCN(C3C=C(F)N=CC3)C2)cc1. The van der Waals surface area contributed by atoms with Crippen molar-refractivity contribution in [1.82, 2.24) is 10.2 Å². The molecule has 1 amide bonds. The Labute approximate surface area is 147 Å². The fraction of sp³-hybridized carbons (Fsp3) is 0.474. The van der Waals surface area contributed by atoms with E-state index in [1.807, 2.05) is 31.2 Å². The van der Waals surface area contributed by atoms with Crippen LogP contribution in [0.15, 0.2) is 41.3 Å². The molecule has 1 fully saturated rings. The van der Waals surface area contributed by atoms with Crippen molar-refractivity contribution in [2.24, 2.45) is 4.99 Å². The highest BCUT2D eigenvalue weighted by molar-refractivity contribution is 5.73. The molecule has 0 saturated carbocycles. The van der Waals surface area contributed by atoms with Crippen LogP contribution in [-0.2, 0) is 4.79 Å².